The van der Waals surface area contributed by atoms with Crippen LogP contribution in [0.2, 0.25) is 0 Å². The van der Waals surface area contributed by atoms with E-state index in [1.807, 2.05) is 18.2 Å². The molecule has 2 N–H and O–H groups in total. The molecule has 0 radical (unpaired) electrons. The normalized spacial score (nSPS) is 18.8. The lowest BCUT2D eigenvalue weighted by Crippen LogP contribution is -2.41. The number of carbonyl (C=O) groups is 2. The Labute approximate surface area is 185 Å². The summed E-state index contributed by atoms with van der Waals surface area (Å²) in [6.07, 6.45) is 3.43. The van der Waals surface area contributed by atoms with E-state index in [1.54, 1.807) is 6.26 Å². The van der Waals surface area contributed by atoms with Crippen LogP contribution in [0.25, 0.3) is 11.3 Å². The van der Waals surface area contributed by atoms with Crippen molar-refractivity contribution in [1.29, 1.82) is 0 Å². The van der Waals surface area contributed by atoms with Crippen molar-refractivity contribution in [2.24, 2.45) is 0 Å². The molecule has 2 aromatic heterocycles. The zero-order chi connectivity index (χ0) is 21.9. The molecule has 0 aliphatic carbocycles. The zero-order valence-electron chi connectivity index (χ0n) is 17.8. The minimum atomic E-state index is -0.446. The van der Waals surface area contributed by atoms with E-state index in [2.05, 4.69) is 48.5 Å². The molecule has 0 saturated carbocycles. The maximum Gasteiger partial charge on any atom is 0.242 e. The van der Waals surface area contributed by atoms with E-state index < -0.39 is 6.04 Å². The molecule has 1 saturated heterocycles. The number of hydrogen-bond donors (Lipinski definition) is 2. The van der Waals surface area contributed by atoms with Crippen molar-refractivity contribution in [2.75, 3.05) is 13.1 Å². The third kappa shape index (κ3) is 4.29. The Morgan fingerprint density at radius 3 is 2.84 bits per heavy atom. The Morgan fingerprint density at radius 1 is 1.12 bits per heavy atom. The molecule has 3 aromatic rings. The van der Waals surface area contributed by atoms with Crippen LogP contribution in [0, 0.1) is 0 Å². The van der Waals surface area contributed by atoms with Crippen molar-refractivity contribution in [2.45, 2.75) is 44.9 Å². The minimum absolute atomic E-state index is 0.0739. The third-order valence-electron chi connectivity index (χ3n) is 6.13. The van der Waals surface area contributed by atoms with Crippen LogP contribution in [-0.2, 0) is 35.6 Å². The lowest BCUT2D eigenvalue weighted by Gasteiger charge is -2.21. The van der Waals surface area contributed by atoms with E-state index in [0.717, 1.165) is 55.6 Å². The predicted octanol–water partition coefficient (Wildman–Crippen LogP) is 1.49. The van der Waals surface area contributed by atoms with Crippen LogP contribution in [0.5, 0.6) is 0 Å². The van der Waals surface area contributed by atoms with Crippen LogP contribution in [0.15, 0.2) is 47.1 Å². The average molecular weight is 435 g/mol. The van der Waals surface area contributed by atoms with Gasteiger partial charge in [0.2, 0.25) is 11.8 Å². The zero-order valence-corrected chi connectivity index (χ0v) is 17.8. The summed E-state index contributed by atoms with van der Waals surface area (Å²) in [5.74, 6) is 2.32. The Bertz CT molecular complexity index is 1110. The number of hydrogen-bond acceptors (Lipinski definition) is 6. The van der Waals surface area contributed by atoms with Crippen molar-refractivity contribution in [3.05, 3.63) is 59.9 Å². The van der Waals surface area contributed by atoms with Gasteiger partial charge in [-0.05, 0) is 24.1 Å². The first-order chi connectivity index (χ1) is 15.7. The molecular formula is C23H26N6O3. The van der Waals surface area contributed by atoms with Crippen molar-refractivity contribution >= 4 is 11.8 Å². The van der Waals surface area contributed by atoms with Gasteiger partial charge in [0.05, 0.1) is 12.8 Å². The van der Waals surface area contributed by atoms with Gasteiger partial charge in [0.1, 0.15) is 17.6 Å². The quantitative estimate of drug-likeness (QED) is 0.609. The number of furan rings is 1. The van der Waals surface area contributed by atoms with Gasteiger partial charge in [-0.1, -0.05) is 24.3 Å². The third-order valence-corrected chi connectivity index (χ3v) is 6.13. The molecule has 4 heterocycles. The summed E-state index contributed by atoms with van der Waals surface area (Å²) >= 11 is 0. The molecule has 1 fully saturated rings. The lowest BCUT2D eigenvalue weighted by atomic mass is 10.0. The Hall–Kier alpha value is -3.46. The molecule has 9 heteroatoms. The molecule has 2 aliphatic rings. The summed E-state index contributed by atoms with van der Waals surface area (Å²) in [5, 5.41) is 14.2. The van der Waals surface area contributed by atoms with Gasteiger partial charge < -0.3 is 19.6 Å². The number of benzene rings is 1. The molecule has 2 amide bonds. The first kappa shape index (κ1) is 20.4. The van der Waals surface area contributed by atoms with E-state index in [4.69, 9.17) is 4.42 Å². The fourth-order valence-corrected chi connectivity index (χ4v) is 4.39. The number of rotatable bonds is 6. The van der Waals surface area contributed by atoms with Crippen LogP contribution >= 0.6 is 0 Å². The summed E-state index contributed by atoms with van der Waals surface area (Å²) in [6.45, 7) is 3.63. The van der Waals surface area contributed by atoms with Gasteiger partial charge in [-0.2, -0.15) is 0 Å². The average Bonchev–Trinajstić information content (AvgIpc) is 3.54. The number of carbonyl (C=O) groups excluding carboxylic acids is 2. The summed E-state index contributed by atoms with van der Waals surface area (Å²) in [6, 6.07) is 11.8. The summed E-state index contributed by atoms with van der Waals surface area (Å²) in [7, 11) is 0. The van der Waals surface area contributed by atoms with Crippen LogP contribution in [0.4, 0.5) is 0 Å². The van der Waals surface area contributed by atoms with Gasteiger partial charge in [-0.15, -0.1) is 10.2 Å². The maximum atomic E-state index is 12.3. The van der Waals surface area contributed by atoms with E-state index in [0.29, 0.717) is 19.4 Å². The molecule has 0 unspecified atom stereocenters. The van der Waals surface area contributed by atoms with Crippen LogP contribution in [0.3, 0.4) is 0 Å². The Kier molecular flexibility index (Phi) is 5.72. The number of nitrogens with one attached hydrogen (secondary N) is 2. The summed E-state index contributed by atoms with van der Waals surface area (Å²) < 4.78 is 7.72. The standard InChI is InChI=1S/C23H26N6O3/c30-22-8-7-18(25-22)23(31)24-14-21-27-26-20-9-10-28(11-12-29(20)21)15-16-4-1-2-5-17(16)19-6-3-13-32-19/h1-6,13,18H,7-12,14-15H2,(H,24,31)(H,25,30)/t18-/m1/s1. The fraction of sp³-hybridized carbons (Fsp3) is 0.391. The first-order valence-corrected chi connectivity index (χ1v) is 11.0. The topological polar surface area (TPSA) is 105 Å². The van der Waals surface area contributed by atoms with Gasteiger partial charge in [-0.25, -0.2) is 0 Å². The molecule has 1 atom stereocenters. The molecule has 166 valence electrons. The molecule has 0 bridgehead atoms. The number of fused-ring (bicyclic) bond motifs is 1. The van der Waals surface area contributed by atoms with Gasteiger partial charge in [-0.3, -0.25) is 14.5 Å². The second kappa shape index (κ2) is 8.96. The molecule has 32 heavy (non-hydrogen) atoms. The summed E-state index contributed by atoms with van der Waals surface area (Å²) in [5.41, 5.74) is 2.34. The molecule has 2 aliphatic heterocycles. The van der Waals surface area contributed by atoms with Gasteiger partial charge in [0, 0.05) is 44.6 Å². The number of amides is 2. The molecule has 0 spiro atoms. The van der Waals surface area contributed by atoms with E-state index >= 15 is 0 Å². The first-order valence-electron chi connectivity index (χ1n) is 11.0. The maximum absolute atomic E-state index is 12.3. The molecule has 9 nitrogen and oxygen atoms in total. The predicted molar refractivity (Wildman–Crippen MR) is 116 cm³/mol. The number of nitrogens with zero attached hydrogens (tertiary/aromatic N) is 4. The highest BCUT2D eigenvalue weighted by atomic mass is 16.3. The Balaban J connectivity index is 1.22. The van der Waals surface area contributed by atoms with Crippen LogP contribution < -0.4 is 10.6 Å². The lowest BCUT2D eigenvalue weighted by molar-refractivity contribution is -0.125. The highest BCUT2D eigenvalue weighted by Gasteiger charge is 2.27. The summed E-state index contributed by atoms with van der Waals surface area (Å²) in [4.78, 5) is 26.1. The fourth-order valence-electron chi connectivity index (χ4n) is 4.39. The van der Waals surface area contributed by atoms with Crippen LogP contribution in [0.1, 0.15) is 30.1 Å². The second-order valence-electron chi connectivity index (χ2n) is 8.22. The molecular weight excluding hydrogens is 408 g/mol. The Morgan fingerprint density at radius 2 is 2.03 bits per heavy atom. The SMILES string of the molecule is O=C1CC[C@H](C(=O)NCc2nnc3n2CCN(Cc2ccccc2-c2ccco2)CC3)N1. The van der Waals surface area contributed by atoms with Crippen molar-refractivity contribution < 1.29 is 14.0 Å². The van der Waals surface area contributed by atoms with E-state index in [-0.39, 0.29) is 11.8 Å². The molecule has 5 rings (SSSR count). The van der Waals surface area contributed by atoms with E-state index in [1.165, 1.54) is 5.56 Å². The van der Waals surface area contributed by atoms with Gasteiger partial charge >= 0.3 is 0 Å². The smallest absolute Gasteiger partial charge is 0.242 e. The highest BCUT2D eigenvalue weighted by molar-refractivity contribution is 5.90. The largest absolute Gasteiger partial charge is 0.464 e. The minimum Gasteiger partial charge on any atom is -0.464 e. The van der Waals surface area contributed by atoms with Crippen LogP contribution in [-0.4, -0.2) is 50.6 Å². The van der Waals surface area contributed by atoms with Crippen molar-refractivity contribution in [3.8, 4) is 11.3 Å². The second-order valence-corrected chi connectivity index (χ2v) is 8.22. The highest BCUT2D eigenvalue weighted by Crippen LogP contribution is 2.25. The van der Waals surface area contributed by atoms with Gasteiger partial charge in [0.25, 0.3) is 0 Å². The van der Waals surface area contributed by atoms with Crippen molar-refractivity contribution in [1.82, 2.24) is 30.3 Å². The molecule has 1 aromatic carbocycles. The van der Waals surface area contributed by atoms with E-state index in [9.17, 15) is 9.59 Å². The van der Waals surface area contributed by atoms with Crippen molar-refractivity contribution in [3.63, 3.8) is 0 Å². The monoisotopic (exact) mass is 434 g/mol. The van der Waals surface area contributed by atoms with Gasteiger partial charge in [0.15, 0.2) is 5.82 Å². The number of aromatic nitrogens is 3.